The van der Waals surface area contributed by atoms with Crippen molar-refractivity contribution < 1.29 is 18.7 Å². The van der Waals surface area contributed by atoms with Crippen molar-refractivity contribution in [3.63, 3.8) is 0 Å². The van der Waals surface area contributed by atoms with E-state index in [9.17, 15) is 14.0 Å². The SMILES string of the molecule is CC(Oc1ccc(F)cc1)C(=O)Nc1sc2c(c1C(=O)NCc1cccnc1)CCC2. The second-order valence-corrected chi connectivity index (χ2v) is 8.41. The van der Waals surface area contributed by atoms with Crippen molar-refractivity contribution in [1.29, 1.82) is 0 Å². The molecule has 0 saturated heterocycles. The Balaban J connectivity index is 1.47. The van der Waals surface area contributed by atoms with Crippen LogP contribution in [-0.2, 0) is 24.2 Å². The number of amides is 2. The quantitative estimate of drug-likeness (QED) is 0.581. The Labute approximate surface area is 183 Å². The minimum Gasteiger partial charge on any atom is -0.481 e. The highest BCUT2D eigenvalue weighted by molar-refractivity contribution is 7.17. The number of thiophene rings is 1. The second-order valence-electron chi connectivity index (χ2n) is 7.31. The van der Waals surface area contributed by atoms with Crippen molar-refractivity contribution in [3.8, 4) is 5.75 Å². The van der Waals surface area contributed by atoms with E-state index in [-0.39, 0.29) is 17.6 Å². The number of benzene rings is 1. The number of carbonyl (C=O) groups excluding carboxylic acids is 2. The van der Waals surface area contributed by atoms with Gasteiger partial charge in [-0.25, -0.2) is 4.39 Å². The van der Waals surface area contributed by atoms with Crippen LogP contribution in [0.25, 0.3) is 0 Å². The molecule has 2 heterocycles. The van der Waals surface area contributed by atoms with Gasteiger partial charge in [-0.15, -0.1) is 11.3 Å². The van der Waals surface area contributed by atoms with Gasteiger partial charge in [0, 0.05) is 23.8 Å². The molecule has 1 unspecified atom stereocenters. The highest BCUT2D eigenvalue weighted by atomic mass is 32.1. The molecule has 1 aliphatic carbocycles. The Bertz CT molecular complexity index is 1080. The third-order valence-corrected chi connectivity index (χ3v) is 6.26. The lowest BCUT2D eigenvalue weighted by Gasteiger charge is -2.15. The van der Waals surface area contributed by atoms with Crippen molar-refractivity contribution in [3.05, 3.63) is 76.2 Å². The second kappa shape index (κ2) is 9.26. The lowest BCUT2D eigenvalue weighted by Crippen LogP contribution is -2.31. The number of aryl methyl sites for hydroxylation is 1. The van der Waals surface area contributed by atoms with E-state index in [0.717, 1.165) is 35.3 Å². The molecular formula is C23H22FN3O3S. The standard InChI is InChI=1S/C23H22FN3O3S/c1-14(30-17-9-7-16(24)8-10-17)21(28)27-23-20(18-5-2-6-19(18)31-23)22(29)26-13-15-4-3-11-25-12-15/h3-4,7-12,14H,2,5-6,13H2,1H3,(H,26,29)(H,27,28). The van der Waals surface area contributed by atoms with Gasteiger partial charge in [-0.1, -0.05) is 6.07 Å². The molecule has 8 heteroatoms. The third kappa shape index (κ3) is 4.91. The molecule has 160 valence electrons. The Morgan fingerprint density at radius 3 is 2.77 bits per heavy atom. The third-order valence-electron chi connectivity index (χ3n) is 5.06. The number of nitrogens with zero attached hydrogens (tertiary/aromatic N) is 1. The average Bonchev–Trinajstić information content (AvgIpc) is 3.35. The first-order chi connectivity index (χ1) is 15.0. The minimum absolute atomic E-state index is 0.217. The summed E-state index contributed by atoms with van der Waals surface area (Å²) in [6.07, 6.45) is 5.30. The summed E-state index contributed by atoms with van der Waals surface area (Å²) in [5.74, 6) is -0.567. The van der Waals surface area contributed by atoms with Crippen LogP contribution >= 0.6 is 11.3 Å². The largest absolute Gasteiger partial charge is 0.481 e. The molecule has 0 fully saturated rings. The predicted octanol–water partition coefficient (Wildman–Crippen LogP) is 4.11. The smallest absolute Gasteiger partial charge is 0.265 e. The summed E-state index contributed by atoms with van der Waals surface area (Å²) in [5, 5.41) is 6.32. The lowest BCUT2D eigenvalue weighted by molar-refractivity contribution is -0.122. The number of ether oxygens (including phenoxy) is 1. The molecule has 0 bridgehead atoms. The molecule has 0 saturated carbocycles. The number of hydrogen-bond donors (Lipinski definition) is 2. The maximum absolute atomic E-state index is 13.1. The van der Waals surface area contributed by atoms with Crippen LogP contribution in [0.1, 0.15) is 39.7 Å². The Morgan fingerprint density at radius 2 is 2.03 bits per heavy atom. The number of aromatic nitrogens is 1. The van der Waals surface area contributed by atoms with E-state index in [1.165, 1.54) is 35.6 Å². The van der Waals surface area contributed by atoms with E-state index in [1.54, 1.807) is 19.3 Å². The van der Waals surface area contributed by atoms with E-state index in [2.05, 4.69) is 15.6 Å². The van der Waals surface area contributed by atoms with Crippen molar-refractivity contribution in [2.45, 2.75) is 38.8 Å². The summed E-state index contributed by atoms with van der Waals surface area (Å²) < 4.78 is 18.7. The van der Waals surface area contributed by atoms with Crippen LogP contribution in [0.3, 0.4) is 0 Å². The molecule has 31 heavy (non-hydrogen) atoms. The summed E-state index contributed by atoms with van der Waals surface area (Å²) >= 11 is 1.44. The van der Waals surface area contributed by atoms with Gasteiger partial charge in [0.15, 0.2) is 6.10 Å². The summed E-state index contributed by atoms with van der Waals surface area (Å²) in [6, 6.07) is 9.19. The van der Waals surface area contributed by atoms with Crippen LogP contribution in [0.5, 0.6) is 5.75 Å². The first kappa shape index (κ1) is 21.0. The maximum atomic E-state index is 13.1. The van der Waals surface area contributed by atoms with E-state index in [4.69, 9.17) is 4.74 Å². The van der Waals surface area contributed by atoms with Gasteiger partial charge in [0.25, 0.3) is 11.8 Å². The van der Waals surface area contributed by atoms with Gasteiger partial charge in [0.2, 0.25) is 0 Å². The maximum Gasteiger partial charge on any atom is 0.265 e. The molecule has 2 N–H and O–H groups in total. The zero-order chi connectivity index (χ0) is 21.8. The van der Waals surface area contributed by atoms with Crippen molar-refractivity contribution in [2.24, 2.45) is 0 Å². The molecule has 0 aliphatic heterocycles. The summed E-state index contributed by atoms with van der Waals surface area (Å²) in [5.41, 5.74) is 2.44. The van der Waals surface area contributed by atoms with Crippen LogP contribution in [0, 0.1) is 5.82 Å². The molecule has 1 atom stereocenters. The number of anilines is 1. The fraction of sp³-hybridized carbons (Fsp3) is 0.261. The predicted molar refractivity (Wildman–Crippen MR) is 117 cm³/mol. The Hall–Kier alpha value is -3.26. The van der Waals surface area contributed by atoms with E-state index < -0.39 is 6.10 Å². The number of pyridine rings is 1. The summed E-state index contributed by atoms with van der Waals surface area (Å²) in [4.78, 5) is 30.9. The molecule has 2 amide bonds. The van der Waals surface area contributed by atoms with Gasteiger partial charge in [-0.05, 0) is 67.6 Å². The molecule has 2 aromatic heterocycles. The minimum atomic E-state index is -0.811. The summed E-state index contributed by atoms with van der Waals surface area (Å²) in [6.45, 7) is 1.97. The molecule has 6 nitrogen and oxygen atoms in total. The number of fused-ring (bicyclic) bond motifs is 1. The van der Waals surface area contributed by atoms with Crippen LogP contribution in [0.15, 0.2) is 48.8 Å². The molecule has 0 radical (unpaired) electrons. The van der Waals surface area contributed by atoms with E-state index >= 15 is 0 Å². The number of halogens is 1. The Kier molecular flexibility index (Phi) is 6.27. The fourth-order valence-corrected chi connectivity index (χ4v) is 4.78. The number of rotatable bonds is 7. The zero-order valence-electron chi connectivity index (χ0n) is 17.0. The van der Waals surface area contributed by atoms with Crippen LogP contribution < -0.4 is 15.4 Å². The normalized spacial score (nSPS) is 13.4. The van der Waals surface area contributed by atoms with Crippen molar-refractivity contribution in [1.82, 2.24) is 10.3 Å². The number of hydrogen-bond acceptors (Lipinski definition) is 5. The van der Waals surface area contributed by atoms with Crippen LogP contribution in [0.2, 0.25) is 0 Å². The van der Waals surface area contributed by atoms with Gasteiger partial charge < -0.3 is 15.4 Å². The van der Waals surface area contributed by atoms with Gasteiger partial charge >= 0.3 is 0 Å². The lowest BCUT2D eigenvalue weighted by atomic mass is 10.1. The molecule has 3 aromatic rings. The van der Waals surface area contributed by atoms with E-state index in [1.807, 2.05) is 12.1 Å². The van der Waals surface area contributed by atoms with E-state index in [0.29, 0.717) is 22.9 Å². The number of nitrogens with one attached hydrogen (secondary N) is 2. The molecule has 1 aliphatic rings. The highest BCUT2D eigenvalue weighted by Gasteiger charge is 2.28. The zero-order valence-corrected chi connectivity index (χ0v) is 17.8. The average molecular weight is 440 g/mol. The van der Waals surface area contributed by atoms with Crippen LogP contribution in [-0.4, -0.2) is 22.9 Å². The molecular weight excluding hydrogens is 417 g/mol. The molecule has 1 aromatic carbocycles. The highest BCUT2D eigenvalue weighted by Crippen LogP contribution is 2.39. The summed E-state index contributed by atoms with van der Waals surface area (Å²) in [7, 11) is 0. The van der Waals surface area contributed by atoms with Gasteiger partial charge in [-0.2, -0.15) is 0 Å². The fourth-order valence-electron chi connectivity index (χ4n) is 3.49. The van der Waals surface area contributed by atoms with Gasteiger partial charge in [0.05, 0.1) is 5.56 Å². The van der Waals surface area contributed by atoms with Crippen molar-refractivity contribution >= 4 is 28.2 Å². The van der Waals surface area contributed by atoms with Crippen LogP contribution in [0.4, 0.5) is 9.39 Å². The molecule has 0 spiro atoms. The van der Waals surface area contributed by atoms with Crippen molar-refractivity contribution in [2.75, 3.05) is 5.32 Å². The number of carbonyl (C=O) groups is 2. The molecule has 4 rings (SSSR count). The Morgan fingerprint density at radius 1 is 1.23 bits per heavy atom. The first-order valence-electron chi connectivity index (χ1n) is 10.1. The first-order valence-corrected chi connectivity index (χ1v) is 10.9. The monoisotopic (exact) mass is 439 g/mol. The topological polar surface area (TPSA) is 80.3 Å². The van der Waals surface area contributed by atoms with Gasteiger partial charge in [-0.3, -0.25) is 14.6 Å². The van der Waals surface area contributed by atoms with Gasteiger partial charge in [0.1, 0.15) is 16.6 Å².